The van der Waals surface area contributed by atoms with E-state index < -0.39 is 5.60 Å². The summed E-state index contributed by atoms with van der Waals surface area (Å²) in [7, 11) is 0. The van der Waals surface area contributed by atoms with Gasteiger partial charge in [0.25, 0.3) is 0 Å². The molecule has 0 aromatic heterocycles. The Labute approximate surface area is 163 Å². The van der Waals surface area contributed by atoms with Crippen molar-refractivity contribution >= 4 is 34.2 Å². The Bertz CT molecular complexity index is 708. The highest BCUT2D eigenvalue weighted by Crippen LogP contribution is 2.65. The summed E-state index contributed by atoms with van der Waals surface area (Å²) >= 11 is 2.08. The van der Waals surface area contributed by atoms with Gasteiger partial charge in [-0.15, -0.1) is 0 Å². The summed E-state index contributed by atoms with van der Waals surface area (Å²) in [6.07, 6.45) is 10.1. The Morgan fingerprint density at radius 2 is 2.04 bits per heavy atom. The van der Waals surface area contributed by atoms with Crippen LogP contribution in [0.3, 0.4) is 0 Å². The van der Waals surface area contributed by atoms with Gasteiger partial charge in [0.2, 0.25) is 0 Å². The molecule has 0 spiro atoms. The molecule has 0 aromatic rings. The fraction of sp³-hybridized carbons (Fsp3) is 0.714. The molecule has 2 fully saturated rings. The van der Waals surface area contributed by atoms with Crippen molar-refractivity contribution in [1.29, 1.82) is 0 Å². The Balaban J connectivity index is 1.75. The molecule has 1 N–H and O–H groups in total. The number of allylic oxidation sites excluding steroid dienone is 4. The van der Waals surface area contributed by atoms with Crippen molar-refractivity contribution in [2.75, 3.05) is 4.43 Å². The van der Waals surface area contributed by atoms with Gasteiger partial charge in [-0.25, -0.2) is 0 Å². The highest BCUT2D eigenvalue weighted by Gasteiger charge is 2.64. The fourth-order valence-corrected chi connectivity index (χ4v) is 7.07. The average molecular weight is 454 g/mol. The van der Waals surface area contributed by atoms with Gasteiger partial charge in [0.1, 0.15) is 5.60 Å². The van der Waals surface area contributed by atoms with E-state index in [1.54, 1.807) is 0 Å². The van der Waals surface area contributed by atoms with Crippen molar-refractivity contribution in [3.05, 3.63) is 23.3 Å². The average Bonchev–Trinajstić information content (AvgIpc) is 2.87. The summed E-state index contributed by atoms with van der Waals surface area (Å²) < 4.78 is 0.379. The van der Waals surface area contributed by atoms with Gasteiger partial charge in [0, 0.05) is 17.3 Å². The van der Waals surface area contributed by atoms with Crippen molar-refractivity contribution in [2.24, 2.45) is 22.7 Å². The highest BCUT2D eigenvalue weighted by atomic mass is 127. The second kappa shape index (κ2) is 5.75. The lowest BCUT2D eigenvalue weighted by molar-refractivity contribution is -0.149. The molecule has 0 bridgehead atoms. The molecule has 136 valence electrons. The number of ketones is 2. The largest absolute Gasteiger partial charge is 0.381 e. The molecule has 4 aliphatic carbocycles. The number of aliphatic hydroxyl groups is 1. The zero-order valence-electron chi connectivity index (χ0n) is 15.1. The van der Waals surface area contributed by atoms with Gasteiger partial charge in [-0.05, 0) is 56.4 Å². The lowest BCUT2D eigenvalue weighted by Crippen LogP contribution is -2.55. The van der Waals surface area contributed by atoms with E-state index in [0.29, 0.717) is 29.1 Å². The first kappa shape index (κ1) is 17.9. The minimum atomic E-state index is -1.17. The van der Waals surface area contributed by atoms with Gasteiger partial charge in [-0.2, -0.15) is 0 Å². The number of carbonyl (C=O) groups is 2. The topological polar surface area (TPSA) is 54.4 Å². The van der Waals surface area contributed by atoms with Crippen LogP contribution in [-0.4, -0.2) is 26.7 Å². The standard InChI is InChI=1S/C21H27IO3/c1-19-8-5-14(23)11-13(19)3-4-15-16(19)6-9-20(2)17(15)7-10-21(20,25)18(24)12-22/h6,11,15,17,25H,3-5,7-10,12H2,1-2H3/t15-,17+,19+,20+,21+/m1/s1. The van der Waals surface area contributed by atoms with Crippen molar-refractivity contribution in [1.82, 2.24) is 0 Å². The first-order valence-electron chi connectivity index (χ1n) is 9.52. The van der Waals surface area contributed by atoms with E-state index in [0.717, 1.165) is 32.1 Å². The molecule has 25 heavy (non-hydrogen) atoms. The molecule has 0 saturated heterocycles. The summed E-state index contributed by atoms with van der Waals surface area (Å²) in [6.45, 7) is 4.45. The Hall–Kier alpha value is -0.490. The van der Waals surface area contributed by atoms with E-state index in [2.05, 4.69) is 42.5 Å². The summed E-state index contributed by atoms with van der Waals surface area (Å²) in [5.41, 5.74) is 1.32. The highest BCUT2D eigenvalue weighted by molar-refractivity contribution is 14.1. The van der Waals surface area contributed by atoms with Crippen LogP contribution in [0, 0.1) is 22.7 Å². The summed E-state index contributed by atoms with van der Waals surface area (Å²) in [5, 5.41) is 11.3. The number of hydrogen-bond acceptors (Lipinski definition) is 3. The predicted molar refractivity (Wildman–Crippen MR) is 106 cm³/mol. The minimum absolute atomic E-state index is 0.000758. The van der Waals surface area contributed by atoms with E-state index in [1.165, 1.54) is 11.1 Å². The van der Waals surface area contributed by atoms with Gasteiger partial charge in [-0.3, -0.25) is 9.59 Å². The normalized spacial score (nSPS) is 45.8. The molecule has 0 amide bonds. The molecular weight excluding hydrogens is 427 g/mol. The second-order valence-electron chi connectivity index (χ2n) is 8.96. The van der Waals surface area contributed by atoms with Crippen molar-refractivity contribution in [3.63, 3.8) is 0 Å². The molecule has 0 unspecified atom stereocenters. The van der Waals surface area contributed by atoms with Crippen LogP contribution in [0.5, 0.6) is 0 Å². The van der Waals surface area contributed by atoms with Crippen LogP contribution < -0.4 is 0 Å². The molecular formula is C21H27IO3. The van der Waals surface area contributed by atoms with Crippen LogP contribution in [0.15, 0.2) is 23.3 Å². The maximum absolute atomic E-state index is 12.6. The quantitative estimate of drug-likeness (QED) is 0.387. The molecule has 4 aliphatic rings. The van der Waals surface area contributed by atoms with E-state index >= 15 is 0 Å². The molecule has 3 nitrogen and oxygen atoms in total. The fourth-order valence-electron chi connectivity index (χ4n) is 6.44. The summed E-state index contributed by atoms with van der Waals surface area (Å²) in [5.74, 6) is 1.10. The van der Waals surface area contributed by atoms with E-state index in [-0.39, 0.29) is 22.4 Å². The number of alkyl halides is 1. The van der Waals surface area contributed by atoms with Crippen molar-refractivity contribution in [2.45, 2.75) is 64.4 Å². The smallest absolute Gasteiger partial charge is 0.174 e. The Morgan fingerprint density at radius 3 is 2.76 bits per heavy atom. The Kier molecular flexibility index (Phi) is 4.12. The maximum Gasteiger partial charge on any atom is 0.174 e. The first-order valence-corrected chi connectivity index (χ1v) is 11.0. The molecule has 0 radical (unpaired) electrons. The number of rotatable bonds is 2. The molecule has 0 aliphatic heterocycles. The molecule has 2 saturated carbocycles. The van der Waals surface area contributed by atoms with Gasteiger partial charge < -0.3 is 5.11 Å². The zero-order valence-corrected chi connectivity index (χ0v) is 17.3. The number of halogens is 1. The molecule has 0 heterocycles. The summed E-state index contributed by atoms with van der Waals surface area (Å²) in [4.78, 5) is 24.4. The van der Waals surface area contributed by atoms with Crippen molar-refractivity contribution in [3.8, 4) is 0 Å². The third-order valence-electron chi connectivity index (χ3n) is 8.07. The zero-order chi connectivity index (χ0) is 18.0. The number of Topliss-reactive ketones (excluding diaryl/α,β-unsaturated/α-hetero) is 1. The maximum atomic E-state index is 12.6. The molecule has 4 rings (SSSR count). The number of carbonyl (C=O) groups excluding carboxylic acids is 2. The van der Waals surface area contributed by atoms with Crippen molar-refractivity contribution < 1.29 is 14.7 Å². The number of hydrogen-bond donors (Lipinski definition) is 1. The third-order valence-corrected chi connectivity index (χ3v) is 8.76. The van der Waals surface area contributed by atoms with Crippen LogP contribution in [0.25, 0.3) is 0 Å². The van der Waals surface area contributed by atoms with E-state index in [4.69, 9.17) is 0 Å². The third kappa shape index (κ3) is 2.25. The first-order chi connectivity index (χ1) is 11.8. The van der Waals surface area contributed by atoms with E-state index in [9.17, 15) is 14.7 Å². The minimum Gasteiger partial charge on any atom is -0.381 e. The van der Waals surface area contributed by atoms with Crippen LogP contribution in [0.4, 0.5) is 0 Å². The predicted octanol–water partition coefficient (Wildman–Crippen LogP) is 4.17. The van der Waals surface area contributed by atoms with Crippen LogP contribution in [0.2, 0.25) is 0 Å². The van der Waals surface area contributed by atoms with Crippen LogP contribution >= 0.6 is 22.6 Å². The van der Waals surface area contributed by atoms with Crippen LogP contribution in [0.1, 0.15) is 58.8 Å². The van der Waals surface area contributed by atoms with Crippen LogP contribution in [-0.2, 0) is 9.59 Å². The molecule has 0 aromatic carbocycles. The lowest BCUT2D eigenvalue weighted by atomic mass is 9.50. The number of fused-ring (bicyclic) bond motifs is 5. The van der Waals surface area contributed by atoms with Gasteiger partial charge in [-0.1, -0.05) is 53.7 Å². The van der Waals surface area contributed by atoms with E-state index in [1.807, 2.05) is 6.08 Å². The monoisotopic (exact) mass is 454 g/mol. The molecule has 5 atom stereocenters. The lowest BCUT2D eigenvalue weighted by Gasteiger charge is -2.54. The summed E-state index contributed by atoms with van der Waals surface area (Å²) in [6, 6.07) is 0. The second-order valence-corrected chi connectivity index (χ2v) is 9.72. The van der Waals surface area contributed by atoms with Gasteiger partial charge >= 0.3 is 0 Å². The Morgan fingerprint density at radius 1 is 1.28 bits per heavy atom. The SMILES string of the molecule is C[C@]12CCC(=O)C=C1CC[C@@H]1C2=CC[C@@]2(C)[C@H]1CC[C@]2(O)C(=O)CI. The van der Waals surface area contributed by atoms with Gasteiger partial charge in [0.05, 0.1) is 4.43 Å². The molecule has 4 heteroatoms. The van der Waals surface area contributed by atoms with Gasteiger partial charge in [0.15, 0.2) is 11.6 Å².